The lowest BCUT2D eigenvalue weighted by Gasteiger charge is -2.12. The number of hydrogen-bond donors (Lipinski definition) is 0. The summed E-state index contributed by atoms with van der Waals surface area (Å²) in [6.45, 7) is 4.47. The summed E-state index contributed by atoms with van der Waals surface area (Å²) in [6.07, 6.45) is -3.30. The molecule has 0 bridgehead atoms. The first-order valence-corrected chi connectivity index (χ1v) is 9.07. The standard InChI is InChI=1S/C20H20ClF3N2O/c1-13-11-15(12-14(2)18(13)21)27-10-6-5-9-26-17-8-4-3-7-16(17)25-19(26)20(22,23)24/h3-4,7-8,11-12H,5-6,9-10H2,1-2H3. The van der Waals surface area contributed by atoms with Crippen LogP contribution in [0.1, 0.15) is 29.8 Å². The van der Waals surface area contributed by atoms with Crippen LogP contribution in [-0.4, -0.2) is 16.2 Å². The second-order valence-electron chi connectivity index (χ2n) is 6.50. The fourth-order valence-electron chi connectivity index (χ4n) is 3.07. The molecule has 0 spiro atoms. The van der Waals surface area contributed by atoms with E-state index < -0.39 is 12.0 Å². The van der Waals surface area contributed by atoms with Gasteiger partial charge in [0, 0.05) is 11.6 Å². The summed E-state index contributed by atoms with van der Waals surface area (Å²) < 4.78 is 46.8. The SMILES string of the molecule is Cc1cc(OCCCCn2c(C(F)(F)F)nc3ccccc32)cc(C)c1Cl. The highest BCUT2D eigenvalue weighted by atomic mass is 35.5. The predicted molar refractivity (Wildman–Crippen MR) is 100 cm³/mol. The van der Waals surface area contributed by atoms with E-state index in [4.69, 9.17) is 16.3 Å². The molecule has 0 amide bonds. The Morgan fingerprint density at radius 1 is 1.07 bits per heavy atom. The Bertz CT molecular complexity index is 927. The minimum atomic E-state index is -4.48. The van der Waals surface area contributed by atoms with Crippen LogP contribution in [0.15, 0.2) is 36.4 Å². The third-order valence-corrected chi connectivity index (χ3v) is 4.96. The molecule has 0 atom stereocenters. The van der Waals surface area contributed by atoms with Crippen LogP contribution in [-0.2, 0) is 12.7 Å². The molecule has 0 aliphatic rings. The van der Waals surface area contributed by atoms with E-state index in [1.54, 1.807) is 24.3 Å². The van der Waals surface area contributed by atoms with Crippen molar-refractivity contribution in [2.75, 3.05) is 6.61 Å². The maximum absolute atomic E-state index is 13.3. The van der Waals surface area contributed by atoms with E-state index >= 15 is 0 Å². The Morgan fingerprint density at radius 2 is 1.74 bits per heavy atom. The number of unbranched alkanes of at least 4 members (excludes halogenated alkanes) is 1. The lowest BCUT2D eigenvalue weighted by atomic mass is 10.1. The van der Waals surface area contributed by atoms with Crippen molar-refractivity contribution in [1.82, 2.24) is 9.55 Å². The number of fused-ring (bicyclic) bond motifs is 1. The highest BCUT2D eigenvalue weighted by molar-refractivity contribution is 6.32. The molecule has 0 aliphatic heterocycles. The Labute approximate surface area is 160 Å². The Balaban J connectivity index is 1.63. The van der Waals surface area contributed by atoms with Gasteiger partial charge in [-0.15, -0.1) is 0 Å². The number of hydrogen-bond acceptors (Lipinski definition) is 2. The van der Waals surface area contributed by atoms with Crippen molar-refractivity contribution in [2.45, 2.75) is 39.4 Å². The zero-order valence-electron chi connectivity index (χ0n) is 15.1. The fourth-order valence-corrected chi connectivity index (χ4v) is 3.18. The smallest absolute Gasteiger partial charge is 0.449 e. The summed E-state index contributed by atoms with van der Waals surface area (Å²) >= 11 is 6.13. The van der Waals surface area contributed by atoms with Gasteiger partial charge in [-0.3, -0.25) is 0 Å². The second-order valence-corrected chi connectivity index (χ2v) is 6.88. The quantitative estimate of drug-likeness (QED) is 0.465. The summed E-state index contributed by atoms with van der Waals surface area (Å²) in [5, 5.41) is 0.717. The highest BCUT2D eigenvalue weighted by Crippen LogP contribution is 2.32. The van der Waals surface area contributed by atoms with Gasteiger partial charge in [0.1, 0.15) is 5.75 Å². The van der Waals surface area contributed by atoms with Crippen molar-refractivity contribution in [2.24, 2.45) is 0 Å². The number of nitrogens with zero attached hydrogens (tertiary/aromatic N) is 2. The Hall–Kier alpha value is -2.21. The summed E-state index contributed by atoms with van der Waals surface area (Å²) in [4.78, 5) is 3.75. The van der Waals surface area contributed by atoms with E-state index in [9.17, 15) is 13.2 Å². The molecule has 0 saturated heterocycles. The molecule has 3 aromatic rings. The summed E-state index contributed by atoms with van der Waals surface area (Å²) in [5.74, 6) is -0.132. The number of imidazole rings is 1. The molecule has 1 heterocycles. The largest absolute Gasteiger partial charge is 0.494 e. The average molecular weight is 397 g/mol. The third-order valence-electron chi connectivity index (χ3n) is 4.36. The zero-order valence-corrected chi connectivity index (χ0v) is 15.9. The van der Waals surface area contributed by atoms with Crippen LogP contribution in [0.2, 0.25) is 5.02 Å². The predicted octanol–water partition coefficient (Wildman–Crippen LogP) is 6.18. The maximum atomic E-state index is 13.3. The van der Waals surface area contributed by atoms with Crippen LogP contribution >= 0.6 is 11.6 Å². The monoisotopic (exact) mass is 396 g/mol. The van der Waals surface area contributed by atoms with Crippen LogP contribution in [0, 0.1) is 13.8 Å². The van der Waals surface area contributed by atoms with Crippen molar-refractivity contribution in [3.8, 4) is 5.75 Å². The van der Waals surface area contributed by atoms with E-state index in [0.29, 0.717) is 35.5 Å². The molecule has 1 aromatic heterocycles. The number of aryl methyl sites for hydroxylation is 3. The van der Waals surface area contributed by atoms with Crippen molar-refractivity contribution >= 4 is 22.6 Å². The van der Waals surface area contributed by atoms with Crippen molar-refractivity contribution in [3.05, 3.63) is 58.4 Å². The molecule has 0 aliphatic carbocycles. The van der Waals surface area contributed by atoms with Gasteiger partial charge in [-0.05, 0) is 62.1 Å². The molecule has 0 fully saturated rings. The summed E-state index contributed by atoms with van der Waals surface area (Å²) in [6, 6.07) is 10.4. The topological polar surface area (TPSA) is 27.1 Å². The average Bonchev–Trinajstić information content (AvgIpc) is 2.98. The molecule has 0 saturated carbocycles. The number of alkyl halides is 3. The minimum Gasteiger partial charge on any atom is -0.494 e. The van der Waals surface area contributed by atoms with Gasteiger partial charge in [0.25, 0.3) is 0 Å². The first kappa shape index (κ1) is 19.5. The number of halogens is 4. The maximum Gasteiger partial charge on any atom is 0.449 e. The first-order valence-electron chi connectivity index (χ1n) is 8.69. The van der Waals surface area contributed by atoms with E-state index in [2.05, 4.69) is 4.98 Å². The normalized spacial score (nSPS) is 11.9. The van der Waals surface area contributed by atoms with Gasteiger partial charge >= 0.3 is 6.18 Å². The van der Waals surface area contributed by atoms with Gasteiger partial charge in [-0.1, -0.05) is 23.7 Å². The number of para-hydroxylation sites is 2. The fraction of sp³-hybridized carbons (Fsp3) is 0.350. The molecule has 7 heteroatoms. The van der Waals surface area contributed by atoms with Gasteiger partial charge < -0.3 is 9.30 Å². The summed E-state index contributed by atoms with van der Waals surface area (Å²) in [7, 11) is 0. The van der Waals surface area contributed by atoms with Crippen LogP contribution in [0.25, 0.3) is 11.0 Å². The Morgan fingerprint density at radius 3 is 2.41 bits per heavy atom. The second kappa shape index (κ2) is 7.80. The minimum absolute atomic E-state index is 0.234. The number of ether oxygens (including phenoxy) is 1. The van der Waals surface area contributed by atoms with Gasteiger partial charge in [0.05, 0.1) is 17.6 Å². The van der Waals surface area contributed by atoms with Crippen LogP contribution < -0.4 is 4.74 Å². The van der Waals surface area contributed by atoms with Crippen LogP contribution in [0.4, 0.5) is 13.2 Å². The molecular weight excluding hydrogens is 377 g/mol. The summed E-state index contributed by atoms with van der Waals surface area (Å²) in [5.41, 5.74) is 2.72. The van der Waals surface area contributed by atoms with E-state index in [0.717, 1.165) is 16.9 Å². The molecule has 0 unspecified atom stereocenters. The van der Waals surface area contributed by atoms with Crippen LogP contribution in [0.3, 0.4) is 0 Å². The molecule has 2 aromatic carbocycles. The molecule has 0 radical (unpaired) electrons. The van der Waals surface area contributed by atoms with Gasteiger partial charge in [-0.2, -0.15) is 13.2 Å². The highest BCUT2D eigenvalue weighted by Gasteiger charge is 2.37. The number of aromatic nitrogens is 2. The van der Waals surface area contributed by atoms with Crippen LogP contribution in [0.5, 0.6) is 5.75 Å². The lowest BCUT2D eigenvalue weighted by molar-refractivity contribution is -0.147. The number of rotatable bonds is 6. The van der Waals surface area contributed by atoms with E-state index in [-0.39, 0.29) is 6.54 Å². The number of benzene rings is 2. The molecule has 3 rings (SSSR count). The van der Waals surface area contributed by atoms with Gasteiger partial charge in [0.2, 0.25) is 5.82 Å². The lowest BCUT2D eigenvalue weighted by Crippen LogP contribution is -2.15. The molecule has 144 valence electrons. The van der Waals surface area contributed by atoms with Crippen molar-refractivity contribution < 1.29 is 17.9 Å². The molecule has 27 heavy (non-hydrogen) atoms. The molecule has 0 N–H and O–H groups in total. The van der Waals surface area contributed by atoms with E-state index in [1.807, 2.05) is 26.0 Å². The zero-order chi connectivity index (χ0) is 19.6. The van der Waals surface area contributed by atoms with Crippen molar-refractivity contribution in [1.29, 1.82) is 0 Å². The molecular formula is C20H20ClF3N2O. The Kier molecular flexibility index (Phi) is 5.65. The van der Waals surface area contributed by atoms with Gasteiger partial charge in [0.15, 0.2) is 0 Å². The van der Waals surface area contributed by atoms with E-state index in [1.165, 1.54) is 4.57 Å². The van der Waals surface area contributed by atoms with Gasteiger partial charge in [-0.25, -0.2) is 4.98 Å². The molecule has 3 nitrogen and oxygen atoms in total. The van der Waals surface area contributed by atoms with Crippen molar-refractivity contribution in [3.63, 3.8) is 0 Å². The third kappa shape index (κ3) is 4.38. The first-order chi connectivity index (χ1) is 12.8.